The Kier molecular flexibility index (Phi) is 6.49. The van der Waals surface area contributed by atoms with Crippen LogP contribution in [0, 0.1) is 11.8 Å². The second kappa shape index (κ2) is 9.59. The zero-order valence-electron chi connectivity index (χ0n) is 22.8. The van der Waals surface area contributed by atoms with Gasteiger partial charge in [-0.1, -0.05) is 19.1 Å². The Morgan fingerprint density at radius 3 is 2.51 bits per heavy atom. The smallest absolute Gasteiger partial charge is 0.381 e. The lowest BCUT2D eigenvalue weighted by atomic mass is 9.62. The molecule has 2 aliphatic carbocycles. The molecule has 0 radical (unpaired) electrons. The molecule has 0 unspecified atom stereocenters. The van der Waals surface area contributed by atoms with Gasteiger partial charge in [0, 0.05) is 50.3 Å². The van der Waals surface area contributed by atoms with Gasteiger partial charge in [0.2, 0.25) is 0 Å². The summed E-state index contributed by atoms with van der Waals surface area (Å²) in [6, 6.07) is 9.69. The van der Waals surface area contributed by atoms with Gasteiger partial charge in [-0.25, -0.2) is 8.78 Å². The SMILES string of the molecule is COC1CC(c2cccc(N3Cc4c(cc(CNC[C@@H]5[C@@H](C)C5(F)F)cc4C(F)(F)F)C3=O)c2)(c2nncn2C)C1. The Hall–Kier alpha value is -3.38. The molecule has 0 bridgehead atoms. The summed E-state index contributed by atoms with van der Waals surface area (Å²) in [6.07, 6.45) is -1.76. The molecular weight excluding hydrogens is 545 g/mol. The first-order valence-corrected chi connectivity index (χ1v) is 13.5. The molecule has 12 heteroatoms. The molecule has 7 nitrogen and oxygen atoms in total. The molecule has 3 aliphatic rings. The number of aryl methyl sites for hydroxylation is 1. The summed E-state index contributed by atoms with van der Waals surface area (Å²) in [7, 11) is 3.50. The van der Waals surface area contributed by atoms with Crippen LogP contribution in [0.5, 0.6) is 0 Å². The van der Waals surface area contributed by atoms with E-state index in [4.69, 9.17) is 4.74 Å². The maximum absolute atomic E-state index is 14.2. The van der Waals surface area contributed by atoms with Crippen molar-refractivity contribution < 1.29 is 31.5 Å². The molecule has 1 N–H and O–H groups in total. The van der Waals surface area contributed by atoms with Crippen molar-refractivity contribution in [3.05, 3.63) is 76.4 Å². The van der Waals surface area contributed by atoms with Gasteiger partial charge in [0.1, 0.15) is 12.2 Å². The van der Waals surface area contributed by atoms with Gasteiger partial charge in [-0.2, -0.15) is 13.2 Å². The number of carbonyl (C=O) groups excluding carboxylic acids is 1. The Bertz CT molecular complexity index is 1500. The number of fused-ring (bicyclic) bond motifs is 1. The molecule has 2 heterocycles. The van der Waals surface area contributed by atoms with E-state index in [0.717, 1.165) is 17.5 Å². The average Bonchev–Trinajstić information content (AvgIpc) is 3.23. The lowest BCUT2D eigenvalue weighted by Gasteiger charge is -2.46. The summed E-state index contributed by atoms with van der Waals surface area (Å²) in [4.78, 5) is 14.9. The first-order chi connectivity index (χ1) is 19.4. The largest absolute Gasteiger partial charge is 0.416 e. The monoisotopic (exact) mass is 575 g/mol. The molecule has 2 aromatic carbocycles. The van der Waals surface area contributed by atoms with Crippen molar-refractivity contribution in [2.24, 2.45) is 18.9 Å². The number of amides is 1. The highest BCUT2D eigenvalue weighted by atomic mass is 19.4. The predicted molar refractivity (Wildman–Crippen MR) is 140 cm³/mol. The second-order valence-corrected chi connectivity index (χ2v) is 11.4. The molecular formula is C29H30F5N5O2. The van der Waals surface area contributed by atoms with Crippen molar-refractivity contribution in [2.75, 3.05) is 18.6 Å². The van der Waals surface area contributed by atoms with Crippen LogP contribution in [0.4, 0.5) is 27.6 Å². The van der Waals surface area contributed by atoms with Gasteiger partial charge in [0.25, 0.3) is 11.8 Å². The van der Waals surface area contributed by atoms with Crippen LogP contribution < -0.4 is 10.2 Å². The topological polar surface area (TPSA) is 72.3 Å². The number of anilines is 1. The van der Waals surface area contributed by atoms with E-state index in [2.05, 4.69) is 15.5 Å². The molecule has 218 valence electrons. The third-order valence-corrected chi connectivity index (χ3v) is 9.03. The molecule has 6 rings (SSSR count). The van der Waals surface area contributed by atoms with Crippen LogP contribution in [0.3, 0.4) is 0 Å². The molecule has 0 spiro atoms. The Morgan fingerprint density at radius 2 is 1.90 bits per heavy atom. The lowest BCUT2D eigenvalue weighted by Crippen LogP contribution is -2.48. The Labute approximate surface area is 233 Å². The highest BCUT2D eigenvalue weighted by Crippen LogP contribution is 2.54. The number of nitrogens with zero attached hydrogens (tertiary/aromatic N) is 4. The number of rotatable bonds is 8. The van der Waals surface area contributed by atoms with E-state index in [1.807, 2.05) is 23.7 Å². The molecule has 1 amide bonds. The minimum absolute atomic E-state index is 0.0172. The van der Waals surface area contributed by atoms with Crippen molar-refractivity contribution in [1.82, 2.24) is 20.1 Å². The number of hydrogen-bond acceptors (Lipinski definition) is 5. The third kappa shape index (κ3) is 4.51. The van der Waals surface area contributed by atoms with Crippen molar-refractivity contribution in [2.45, 2.75) is 56.5 Å². The summed E-state index contributed by atoms with van der Waals surface area (Å²) in [5.41, 5.74) is 0.0467. The van der Waals surface area contributed by atoms with E-state index in [9.17, 15) is 26.7 Å². The van der Waals surface area contributed by atoms with E-state index in [0.29, 0.717) is 18.5 Å². The number of aromatic nitrogens is 3. The van der Waals surface area contributed by atoms with E-state index in [-0.39, 0.29) is 42.4 Å². The van der Waals surface area contributed by atoms with Crippen LogP contribution >= 0.6 is 0 Å². The second-order valence-electron chi connectivity index (χ2n) is 11.4. The van der Waals surface area contributed by atoms with Gasteiger partial charge in [-0.05, 0) is 53.8 Å². The summed E-state index contributed by atoms with van der Waals surface area (Å²) in [6.45, 7) is 1.14. The number of benzene rings is 2. The predicted octanol–water partition coefficient (Wildman–Crippen LogP) is 5.08. The van der Waals surface area contributed by atoms with Crippen LogP contribution in [0.2, 0.25) is 0 Å². The summed E-state index contributed by atoms with van der Waals surface area (Å²) in [5, 5.41) is 11.2. The van der Waals surface area contributed by atoms with Crippen LogP contribution in [0.15, 0.2) is 42.7 Å². The van der Waals surface area contributed by atoms with Crippen LogP contribution in [0.1, 0.15) is 58.2 Å². The van der Waals surface area contributed by atoms with Gasteiger partial charge in [-0.15, -0.1) is 10.2 Å². The maximum Gasteiger partial charge on any atom is 0.416 e. The van der Waals surface area contributed by atoms with E-state index >= 15 is 0 Å². The van der Waals surface area contributed by atoms with Crippen LogP contribution in [0.25, 0.3) is 0 Å². The maximum atomic E-state index is 14.2. The van der Waals surface area contributed by atoms with E-state index in [1.54, 1.807) is 25.6 Å². The fourth-order valence-corrected chi connectivity index (χ4v) is 6.40. The van der Waals surface area contributed by atoms with E-state index in [1.165, 1.54) is 17.9 Å². The number of halogens is 5. The van der Waals surface area contributed by atoms with Crippen molar-refractivity contribution >= 4 is 11.6 Å². The number of hydrogen-bond donors (Lipinski definition) is 1. The fraction of sp³-hybridized carbons (Fsp3) is 0.483. The number of methoxy groups -OCH3 is 1. The molecule has 3 aromatic rings. The normalized spacial score (nSPS) is 26.7. The average molecular weight is 576 g/mol. The zero-order chi connectivity index (χ0) is 29.3. The van der Waals surface area contributed by atoms with Crippen molar-refractivity contribution in [3.63, 3.8) is 0 Å². The summed E-state index contributed by atoms with van der Waals surface area (Å²) in [5.74, 6) is -4.16. The first-order valence-electron chi connectivity index (χ1n) is 13.5. The van der Waals surface area contributed by atoms with Crippen LogP contribution in [-0.4, -0.2) is 46.4 Å². The Balaban J connectivity index is 1.29. The summed E-state index contributed by atoms with van der Waals surface area (Å²) < 4.78 is 77.0. The van der Waals surface area contributed by atoms with Crippen molar-refractivity contribution in [3.8, 4) is 0 Å². The molecule has 1 aromatic heterocycles. The molecule has 2 saturated carbocycles. The minimum Gasteiger partial charge on any atom is -0.381 e. The molecule has 2 atom stereocenters. The summed E-state index contributed by atoms with van der Waals surface area (Å²) >= 11 is 0. The molecule has 1 aliphatic heterocycles. The van der Waals surface area contributed by atoms with Crippen molar-refractivity contribution in [1.29, 1.82) is 0 Å². The highest BCUT2D eigenvalue weighted by molar-refractivity contribution is 6.10. The number of carbonyl (C=O) groups is 1. The van der Waals surface area contributed by atoms with Gasteiger partial charge in [0.15, 0.2) is 0 Å². The number of nitrogens with one attached hydrogen (secondary N) is 1. The standard InChI is InChI=1S/C29H30F5N5O2/c1-16-24(28(16,30)31)13-35-12-17-7-21-22(23(8-17)29(32,33)34)14-39(25(21)40)19-6-4-5-18(9-19)27(10-20(11-27)41-3)26-37-36-15-38(26)2/h4-9,15-16,20,24,35H,10-14H2,1-3H3/t16-,20?,24-,27?/m1/s1. The number of alkyl halides is 5. The highest BCUT2D eigenvalue weighted by Gasteiger charge is 2.64. The van der Waals surface area contributed by atoms with Crippen LogP contribution in [-0.2, 0) is 36.5 Å². The van der Waals surface area contributed by atoms with Gasteiger partial charge < -0.3 is 19.5 Å². The van der Waals surface area contributed by atoms with Gasteiger partial charge in [-0.3, -0.25) is 4.79 Å². The quantitative estimate of drug-likeness (QED) is 0.380. The van der Waals surface area contributed by atoms with Gasteiger partial charge >= 0.3 is 6.18 Å². The fourth-order valence-electron chi connectivity index (χ4n) is 6.40. The van der Waals surface area contributed by atoms with E-state index < -0.39 is 40.8 Å². The first kappa shape index (κ1) is 27.8. The molecule has 2 fully saturated rings. The Morgan fingerprint density at radius 1 is 1.17 bits per heavy atom. The zero-order valence-corrected chi connectivity index (χ0v) is 22.8. The molecule has 0 saturated heterocycles. The lowest BCUT2D eigenvalue weighted by molar-refractivity contribution is -0.138. The third-order valence-electron chi connectivity index (χ3n) is 9.03. The number of ether oxygens (including phenoxy) is 1. The minimum atomic E-state index is -4.69. The van der Waals surface area contributed by atoms with Gasteiger partial charge in [0.05, 0.1) is 23.6 Å². The molecule has 41 heavy (non-hydrogen) atoms.